The van der Waals surface area contributed by atoms with Gasteiger partial charge in [-0.25, -0.2) is 23.7 Å². The number of hydrogen-bond acceptors (Lipinski definition) is 6. The molecule has 8 nitrogen and oxygen atoms in total. The van der Waals surface area contributed by atoms with Crippen molar-refractivity contribution in [3.63, 3.8) is 0 Å². The summed E-state index contributed by atoms with van der Waals surface area (Å²) < 4.78 is 26.0. The van der Waals surface area contributed by atoms with Crippen molar-refractivity contribution in [3.05, 3.63) is 23.8 Å². The average molecular weight is 369 g/mol. The number of sulfonamides is 1. The van der Waals surface area contributed by atoms with E-state index < -0.39 is 10.0 Å². The van der Waals surface area contributed by atoms with Crippen molar-refractivity contribution in [1.29, 1.82) is 0 Å². The maximum absolute atomic E-state index is 12.4. The highest BCUT2D eigenvalue weighted by molar-refractivity contribution is 7.89. The van der Waals surface area contributed by atoms with E-state index in [1.54, 1.807) is 25.2 Å². The molecule has 0 heterocycles. The van der Waals surface area contributed by atoms with Crippen molar-refractivity contribution >= 4 is 21.5 Å². The molecule has 0 aliphatic heterocycles. The van der Waals surface area contributed by atoms with Crippen molar-refractivity contribution in [2.75, 3.05) is 26.5 Å². The number of rotatable bonds is 6. The molecule has 0 bridgehead atoms. The lowest BCUT2D eigenvalue weighted by atomic mass is 9.95. The lowest BCUT2D eigenvalue weighted by Crippen LogP contribution is -2.29. The molecule has 5 N–H and O–H groups in total. The monoisotopic (exact) mass is 368 g/mol. The molecule has 0 saturated heterocycles. The first kappa shape index (κ1) is 19.5. The summed E-state index contributed by atoms with van der Waals surface area (Å²) in [5.74, 6) is 5.72. The SMILES string of the molecule is CN(N)/N=C(\N)c1cc(S(=O)(=O)N(C)C)ccc1NC1CCCCC1. The van der Waals surface area contributed by atoms with Crippen LogP contribution in [0.3, 0.4) is 0 Å². The van der Waals surface area contributed by atoms with Gasteiger partial charge in [-0.15, -0.1) is 5.10 Å². The van der Waals surface area contributed by atoms with Gasteiger partial charge in [-0.1, -0.05) is 19.3 Å². The summed E-state index contributed by atoms with van der Waals surface area (Å²) in [7, 11) is 0.985. The molecule has 0 unspecified atom stereocenters. The first-order valence-electron chi connectivity index (χ1n) is 8.38. The van der Waals surface area contributed by atoms with Gasteiger partial charge in [0.1, 0.15) is 0 Å². The van der Waals surface area contributed by atoms with Gasteiger partial charge in [0, 0.05) is 38.4 Å². The number of benzene rings is 1. The second-order valence-corrected chi connectivity index (χ2v) is 8.68. The molecule has 140 valence electrons. The highest BCUT2D eigenvalue weighted by Gasteiger charge is 2.21. The summed E-state index contributed by atoms with van der Waals surface area (Å²) >= 11 is 0. The standard InChI is InChI=1S/C16H28N6O2S/c1-21(2)25(23,24)13-9-10-15(19-12-7-5-4-6-8-12)14(11-13)16(17)20-22(3)18/h9-12,19H,4-8,18H2,1-3H3,(H2,17,20). The van der Waals surface area contributed by atoms with Gasteiger partial charge in [0.15, 0.2) is 5.84 Å². The van der Waals surface area contributed by atoms with Crippen LogP contribution in [0.25, 0.3) is 0 Å². The molecule has 1 aliphatic rings. The Morgan fingerprint density at radius 3 is 2.40 bits per heavy atom. The summed E-state index contributed by atoms with van der Waals surface area (Å²) in [6.45, 7) is 0. The smallest absolute Gasteiger partial charge is 0.242 e. The third-order valence-corrected chi connectivity index (χ3v) is 6.09. The molecule has 1 saturated carbocycles. The Kier molecular flexibility index (Phi) is 6.26. The van der Waals surface area contributed by atoms with Crippen molar-refractivity contribution in [2.45, 2.75) is 43.0 Å². The van der Waals surface area contributed by atoms with Crippen LogP contribution in [0.1, 0.15) is 37.7 Å². The van der Waals surface area contributed by atoms with Crippen LogP contribution in [0.5, 0.6) is 0 Å². The lowest BCUT2D eigenvalue weighted by Gasteiger charge is -2.25. The van der Waals surface area contributed by atoms with Gasteiger partial charge in [-0.2, -0.15) is 0 Å². The Labute approximate surface area is 149 Å². The van der Waals surface area contributed by atoms with E-state index >= 15 is 0 Å². The number of amidine groups is 1. The fraction of sp³-hybridized carbons (Fsp3) is 0.562. The molecule has 2 rings (SSSR count). The van der Waals surface area contributed by atoms with Crippen LogP contribution in [0.4, 0.5) is 5.69 Å². The predicted octanol–water partition coefficient (Wildman–Crippen LogP) is 1.11. The van der Waals surface area contributed by atoms with E-state index in [0.29, 0.717) is 11.6 Å². The van der Waals surface area contributed by atoms with E-state index in [4.69, 9.17) is 11.6 Å². The van der Waals surface area contributed by atoms with E-state index in [1.807, 2.05) is 0 Å². The Morgan fingerprint density at radius 2 is 1.84 bits per heavy atom. The Balaban J connectivity index is 2.44. The van der Waals surface area contributed by atoms with Crippen LogP contribution < -0.4 is 16.9 Å². The molecule has 0 radical (unpaired) electrons. The molecule has 25 heavy (non-hydrogen) atoms. The number of nitrogens with one attached hydrogen (secondary N) is 1. The van der Waals surface area contributed by atoms with Gasteiger partial charge >= 0.3 is 0 Å². The zero-order chi connectivity index (χ0) is 18.6. The van der Waals surface area contributed by atoms with Crippen LogP contribution in [0.15, 0.2) is 28.2 Å². The average Bonchev–Trinajstić information content (AvgIpc) is 2.55. The molecule has 1 aromatic rings. The Hall–Kier alpha value is -1.84. The summed E-state index contributed by atoms with van der Waals surface area (Å²) in [5, 5.41) is 8.61. The van der Waals surface area contributed by atoms with Gasteiger partial charge in [-0.05, 0) is 31.0 Å². The zero-order valence-corrected chi connectivity index (χ0v) is 15.9. The van der Waals surface area contributed by atoms with E-state index in [0.717, 1.165) is 23.6 Å². The Bertz CT molecular complexity index is 724. The summed E-state index contributed by atoms with van der Waals surface area (Å²) in [5.41, 5.74) is 7.37. The zero-order valence-electron chi connectivity index (χ0n) is 15.1. The van der Waals surface area contributed by atoms with Crippen molar-refractivity contribution < 1.29 is 8.42 Å². The second-order valence-electron chi connectivity index (χ2n) is 6.53. The van der Waals surface area contributed by atoms with Crippen LogP contribution in [0.2, 0.25) is 0 Å². The minimum absolute atomic E-state index is 0.166. The lowest BCUT2D eigenvalue weighted by molar-refractivity contribution is 0.371. The van der Waals surface area contributed by atoms with Gasteiger partial charge in [0.05, 0.1) is 4.90 Å². The van der Waals surface area contributed by atoms with Crippen LogP contribution in [0, 0.1) is 0 Å². The maximum atomic E-state index is 12.4. The predicted molar refractivity (Wildman–Crippen MR) is 100 cm³/mol. The third kappa shape index (κ3) is 4.83. The summed E-state index contributed by atoms with van der Waals surface area (Å²) in [4.78, 5) is 0.166. The molecule has 1 aliphatic carbocycles. The molecule has 1 aromatic carbocycles. The Morgan fingerprint density at radius 1 is 1.20 bits per heavy atom. The number of hydrogen-bond donors (Lipinski definition) is 3. The van der Waals surface area contributed by atoms with Crippen LogP contribution in [-0.2, 0) is 10.0 Å². The van der Waals surface area contributed by atoms with E-state index in [1.165, 1.54) is 37.7 Å². The van der Waals surface area contributed by atoms with Gasteiger partial charge in [0.2, 0.25) is 10.0 Å². The maximum Gasteiger partial charge on any atom is 0.242 e. The fourth-order valence-corrected chi connectivity index (χ4v) is 3.85. The van der Waals surface area contributed by atoms with Crippen LogP contribution >= 0.6 is 0 Å². The minimum Gasteiger partial charge on any atom is -0.382 e. The quantitative estimate of drug-likeness (QED) is 0.300. The third-order valence-electron chi connectivity index (χ3n) is 4.28. The van der Waals surface area contributed by atoms with Gasteiger partial charge < -0.3 is 11.1 Å². The topological polar surface area (TPSA) is 117 Å². The largest absolute Gasteiger partial charge is 0.382 e. The number of hydrazone groups is 1. The van der Waals surface area contributed by atoms with Crippen LogP contribution in [-0.4, -0.2) is 50.9 Å². The molecule has 9 heteroatoms. The van der Waals surface area contributed by atoms with E-state index in [2.05, 4.69) is 10.4 Å². The van der Waals surface area contributed by atoms with Gasteiger partial charge in [-0.3, -0.25) is 0 Å². The second kappa shape index (κ2) is 8.03. The summed E-state index contributed by atoms with van der Waals surface area (Å²) in [6.07, 6.45) is 5.81. The number of anilines is 1. The molecular formula is C16H28N6O2S. The normalized spacial score (nSPS) is 16.9. The number of nitrogens with two attached hydrogens (primary N) is 2. The highest BCUT2D eigenvalue weighted by Crippen LogP contribution is 2.26. The number of hydrazine groups is 1. The van der Waals surface area contributed by atoms with Crippen molar-refractivity contribution in [1.82, 2.24) is 9.42 Å². The molecular weight excluding hydrogens is 340 g/mol. The van der Waals surface area contributed by atoms with Gasteiger partial charge in [0.25, 0.3) is 0 Å². The molecule has 0 atom stereocenters. The first-order chi connectivity index (χ1) is 11.7. The molecule has 0 spiro atoms. The first-order valence-corrected chi connectivity index (χ1v) is 9.82. The van der Waals surface area contributed by atoms with E-state index in [9.17, 15) is 8.42 Å². The molecule has 1 fully saturated rings. The van der Waals surface area contributed by atoms with E-state index in [-0.39, 0.29) is 10.7 Å². The fourth-order valence-electron chi connectivity index (χ4n) is 2.92. The molecule has 0 amide bonds. The van der Waals surface area contributed by atoms with Crippen molar-refractivity contribution in [2.24, 2.45) is 16.7 Å². The summed E-state index contributed by atoms with van der Waals surface area (Å²) in [6, 6.07) is 5.23. The van der Waals surface area contributed by atoms with Crippen molar-refractivity contribution in [3.8, 4) is 0 Å². The number of nitrogens with zero attached hydrogens (tertiary/aromatic N) is 3. The minimum atomic E-state index is -3.56. The highest BCUT2D eigenvalue weighted by atomic mass is 32.2. The molecule has 0 aromatic heterocycles.